The predicted octanol–water partition coefficient (Wildman–Crippen LogP) is 3.55. The number of hydrogen-bond donors (Lipinski definition) is 2. The molecule has 0 fully saturated rings. The molecule has 1 heterocycles. The Kier molecular flexibility index (Phi) is 3.89. The van der Waals surface area contributed by atoms with Gasteiger partial charge in [0, 0.05) is 10.5 Å². The summed E-state index contributed by atoms with van der Waals surface area (Å²) in [5.74, 6) is -0.425. The molecule has 0 saturated carbocycles. The predicted molar refractivity (Wildman–Crippen MR) is 79.0 cm³/mol. The molecule has 104 valence electrons. The highest BCUT2D eigenvalue weighted by Crippen LogP contribution is 2.28. The fraction of sp³-hybridized carbons (Fsp3) is 0.154. The number of H-pyrrole nitrogens is 1. The number of aromatic nitrogens is 1. The molecule has 2 aromatic rings. The SMILES string of the molecule is Cc1cc(C)c(NC(=O)c2cc([N+](=O)[O-])c[nH]2)c(Br)c1. The summed E-state index contributed by atoms with van der Waals surface area (Å²) in [5.41, 5.74) is 2.63. The second kappa shape index (κ2) is 5.46. The molecule has 2 rings (SSSR count). The minimum absolute atomic E-state index is 0.142. The lowest BCUT2D eigenvalue weighted by atomic mass is 10.1. The molecule has 20 heavy (non-hydrogen) atoms. The summed E-state index contributed by atoms with van der Waals surface area (Å²) in [6, 6.07) is 5.03. The van der Waals surface area contributed by atoms with Crippen molar-refractivity contribution in [3.8, 4) is 0 Å². The maximum Gasteiger partial charge on any atom is 0.287 e. The van der Waals surface area contributed by atoms with Gasteiger partial charge in [0.15, 0.2) is 0 Å². The fourth-order valence-corrected chi connectivity index (χ4v) is 2.65. The summed E-state index contributed by atoms with van der Waals surface area (Å²) in [5, 5.41) is 13.3. The summed E-state index contributed by atoms with van der Waals surface area (Å²) in [7, 11) is 0. The Balaban J connectivity index is 2.25. The summed E-state index contributed by atoms with van der Waals surface area (Å²) < 4.78 is 0.768. The van der Waals surface area contributed by atoms with Gasteiger partial charge >= 0.3 is 0 Å². The molecule has 2 N–H and O–H groups in total. The van der Waals surface area contributed by atoms with Crippen LogP contribution in [0.15, 0.2) is 28.9 Å². The third-order valence-electron chi connectivity index (χ3n) is 2.79. The van der Waals surface area contributed by atoms with Crippen LogP contribution in [0.4, 0.5) is 11.4 Å². The van der Waals surface area contributed by atoms with Gasteiger partial charge in [-0.2, -0.15) is 0 Å². The number of carbonyl (C=O) groups is 1. The summed E-state index contributed by atoms with van der Waals surface area (Å²) in [6.07, 6.45) is 1.19. The summed E-state index contributed by atoms with van der Waals surface area (Å²) in [4.78, 5) is 24.7. The molecule has 0 spiro atoms. The van der Waals surface area contributed by atoms with Gasteiger partial charge in [-0.15, -0.1) is 0 Å². The minimum Gasteiger partial charge on any atom is -0.351 e. The van der Waals surface area contributed by atoms with Gasteiger partial charge in [-0.3, -0.25) is 14.9 Å². The standard InChI is InChI=1S/C13H12BrN3O3/c1-7-3-8(2)12(10(14)4-7)16-13(18)11-5-9(6-15-11)17(19)20/h3-6,15H,1-2H3,(H,16,18). The third-order valence-corrected chi connectivity index (χ3v) is 3.42. The number of amides is 1. The van der Waals surface area contributed by atoms with Crippen LogP contribution in [0.2, 0.25) is 0 Å². The van der Waals surface area contributed by atoms with E-state index in [2.05, 4.69) is 26.2 Å². The van der Waals surface area contributed by atoms with Crippen molar-refractivity contribution in [2.75, 3.05) is 5.32 Å². The number of hydrogen-bond acceptors (Lipinski definition) is 3. The number of nitro groups is 1. The molecule has 1 amide bonds. The van der Waals surface area contributed by atoms with Gasteiger partial charge in [-0.25, -0.2) is 0 Å². The Labute approximate surface area is 123 Å². The Morgan fingerprint density at radius 2 is 2.05 bits per heavy atom. The van der Waals surface area contributed by atoms with Crippen LogP contribution in [-0.4, -0.2) is 15.8 Å². The van der Waals surface area contributed by atoms with Crippen molar-refractivity contribution < 1.29 is 9.72 Å². The molecule has 0 aliphatic heterocycles. The minimum atomic E-state index is -0.555. The molecular weight excluding hydrogens is 326 g/mol. The first-order valence-electron chi connectivity index (χ1n) is 5.79. The number of nitrogens with one attached hydrogen (secondary N) is 2. The average Bonchev–Trinajstić information content (AvgIpc) is 2.83. The molecule has 0 unspecified atom stereocenters. The normalized spacial score (nSPS) is 10.3. The van der Waals surface area contributed by atoms with Crippen LogP contribution >= 0.6 is 15.9 Å². The van der Waals surface area contributed by atoms with E-state index in [9.17, 15) is 14.9 Å². The highest BCUT2D eigenvalue weighted by Gasteiger charge is 2.16. The highest BCUT2D eigenvalue weighted by molar-refractivity contribution is 9.10. The van der Waals surface area contributed by atoms with E-state index in [1.165, 1.54) is 12.3 Å². The van der Waals surface area contributed by atoms with Crippen LogP contribution in [-0.2, 0) is 0 Å². The zero-order chi connectivity index (χ0) is 14.9. The van der Waals surface area contributed by atoms with E-state index >= 15 is 0 Å². The van der Waals surface area contributed by atoms with E-state index < -0.39 is 10.8 Å². The lowest BCUT2D eigenvalue weighted by molar-refractivity contribution is -0.384. The molecule has 6 nitrogen and oxygen atoms in total. The van der Waals surface area contributed by atoms with Crippen LogP contribution in [0.1, 0.15) is 21.6 Å². The molecule has 7 heteroatoms. The number of anilines is 1. The van der Waals surface area contributed by atoms with Gasteiger partial charge < -0.3 is 10.3 Å². The smallest absolute Gasteiger partial charge is 0.287 e. The number of aryl methyl sites for hydroxylation is 2. The van der Waals surface area contributed by atoms with Crippen LogP contribution in [0.5, 0.6) is 0 Å². The maximum atomic E-state index is 12.1. The molecule has 0 aliphatic rings. The van der Waals surface area contributed by atoms with Crippen molar-refractivity contribution in [1.82, 2.24) is 4.98 Å². The zero-order valence-corrected chi connectivity index (χ0v) is 12.4. The van der Waals surface area contributed by atoms with Crippen LogP contribution in [0.3, 0.4) is 0 Å². The lowest BCUT2D eigenvalue weighted by Crippen LogP contribution is -2.13. The molecular formula is C13H12BrN3O3. The van der Waals surface area contributed by atoms with Gasteiger partial charge in [0.2, 0.25) is 0 Å². The maximum absolute atomic E-state index is 12.1. The number of halogens is 1. The van der Waals surface area contributed by atoms with Gasteiger partial charge in [0.25, 0.3) is 11.6 Å². The Bertz CT molecular complexity index is 671. The Morgan fingerprint density at radius 3 is 2.60 bits per heavy atom. The largest absolute Gasteiger partial charge is 0.351 e. The van der Waals surface area contributed by atoms with Crippen LogP contribution in [0.25, 0.3) is 0 Å². The zero-order valence-electron chi connectivity index (χ0n) is 10.9. The van der Waals surface area contributed by atoms with Crippen LogP contribution < -0.4 is 5.32 Å². The number of rotatable bonds is 3. The molecule has 0 bridgehead atoms. The van der Waals surface area contributed by atoms with Gasteiger partial charge in [-0.05, 0) is 47.0 Å². The van der Waals surface area contributed by atoms with Crippen molar-refractivity contribution in [1.29, 1.82) is 0 Å². The van der Waals surface area contributed by atoms with Crippen molar-refractivity contribution >= 4 is 33.2 Å². The first-order valence-corrected chi connectivity index (χ1v) is 6.58. The van der Waals surface area contributed by atoms with Crippen molar-refractivity contribution in [3.63, 3.8) is 0 Å². The third kappa shape index (κ3) is 2.88. The fourth-order valence-electron chi connectivity index (χ4n) is 1.87. The average molecular weight is 338 g/mol. The monoisotopic (exact) mass is 337 g/mol. The van der Waals surface area contributed by atoms with Crippen LogP contribution in [0, 0.1) is 24.0 Å². The van der Waals surface area contributed by atoms with Crippen molar-refractivity contribution in [2.24, 2.45) is 0 Å². The first-order chi connectivity index (χ1) is 9.38. The molecule has 0 aliphatic carbocycles. The Morgan fingerprint density at radius 1 is 1.35 bits per heavy atom. The van der Waals surface area contributed by atoms with Crippen molar-refractivity contribution in [3.05, 3.63) is 55.8 Å². The van der Waals surface area contributed by atoms with E-state index in [1.807, 2.05) is 26.0 Å². The second-order valence-electron chi connectivity index (χ2n) is 4.42. The first kappa shape index (κ1) is 14.3. The number of carbonyl (C=O) groups excluding carboxylic acids is 1. The Hall–Kier alpha value is -2.15. The number of benzene rings is 1. The lowest BCUT2D eigenvalue weighted by Gasteiger charge is -2.11. The van der Waals surface area contributed by atoms with E-state index in [-0.39, 0.29) is 11.4 Å². The quantitative estimate of drug-likeness (QED) is 0.663. The van der Waals surface area contributed by atoms with E-state index in [4.69, 9.17) is 0 Å². The topological polar surface area (TPSA) is 88.0 Å². The number of aromatic amines is 1. The molecule has 1 aromatic carbocycles. The van der Waals surface area contributed by atoms with E-state index in [1.54, 1.807) is 0 Å². The number of nitrogens with zero attached hydrogens (tertiary/aromatic N) is 1. The van der Waals surface area contributed by atoms with Crippen molar-refractivity contribution in [2.45, 2.75) is 13.8 Å². The van der Waals surface area contributed by atoms with E-state index in [0.717, 1.165) is 15.6 Å². The summed E-state index contributed by atoms with van der Waals surface area (Å²) in [6.45, 7) is 3.84. The van der Waals surface area contributed by atoms with Gasteiger partial charge in [0.05, 0.1) is 16.8 Å². The summed E-state index contributed by atoms with van der Waals surface area (Å²) >= 11 is 3.39. The molecule has 1 aromatic heterocycles. The van der Waals surface area contributed by atoms with Gasteiger partial charge in [-0.1, -0.05) is 6.07 Å². The van der Waals surface area contributed by atoms with Gasteiger partial charge in [0.1, 0.15) is 5.69 Å². The highest BCUT2D eigenvalue weighted by atomic mass is 79.9. The second-order valence-corrected chi connectivity index (χ2v) is 5.28. The molecule has 0 atom stereocenters. The molecule has 0 saturated heterocycles. The van der Waals surface area contributed by atoms with E-state index in [0.29, 0.717) is 5.69 Å². The molecule has 0 radical (unpaired) electrons.